The standard InChI is InChI=1S/C12H17N3O3/c13-10-1-2-11(14-4-6-16)9-3-5-15(12(9)10)18-8-7-17/h1-3,5,14,16-17H,4,6-8,13H2. The zero-order valence-electron chi connectivity index (χ0n) is 9.97. The predicted octanol–water partition coefficient (Wildman–Crippen LogP) is 0.0486. The number of nitrogen functional groups attached to an aromatic ring is 1. The molecule has 0 aliphatic carbocycles. The molecule has 0 aliphatic heterocycles. The van der Waals surface area contributed by atoms with Crippen molar-refractivity contribution in [3.63, 3.8) is 0 Å². The minimum Gasteiger partial charge on any atom is -0.411 e. The predicted molar refractivity (Wildman–Crippen MR) is 70.5 cm³/mol. The molecule has 6 nitrogen and oxygen atoms in total. The van der Waals surface area contributed by atoms with Crippen LogP contribution in [0.1, 0.15) is 0 Å². The maximum Gasteiger partial charge on any atom is 0.138 e. The maximum atomic E-state index is 8.83. The number of aromatic nitrogens is 1. The molecule has 0 saturated carbocycles. The van der Waals surface area contributed by atoms with E-state index in [1.807, 2.05) is 12.1 Å². The van der Waals surface area contributed by atoms with Crippen molar-refractivity contribution >= 4 is 22.3 Å². The van der Waals surface area contributed by atoms with Crippen LogP contribution >= 0.6 is 0 Å². The minimum atomic E-state index is -0.0535. The van der Waals surface area contributed by atoms with Gasteiger partial charge in [-0.25, -0.2) is 0 Å². The highest BCUT2D eigenvalue weighted by atomic mass is 16.7. The number of aliphatic hydroxyl groups is 2. The van der Waals surface area contributed by atoms with Gasteiger partial charge in [0.1, 0.15) is 12.1 Å². The smallest absolute Gasteiger partial charge is 0.138 e. The summed E-state index contributed by atoms with van der Waals surface area (Å²) in [6.07, 6.45) is 1.75. The molecule has 0 radical (unpaired) electrons. The van der Waals surface area contributed by atoms with Crippen molar-refractivity contribution in [1.82, 2.24) is 4.73 Å². The number of aliphatic hydroxyl groups excluding tert-OH is 2. The molecule has 0 aliphatic rings. The van der Waals surface area contributed by atoms with E-state index in [0.717, 1.165) is 16.6 Å². The van der Waals surface area contributed by atoms with E-state index in [9.17, 15) is 0 Å². The van der Waals surface area contributed by atoms with Crippen molar-refractivity contribution in [2.24, 2.45) is 0 Å². The number of hydrogen-bond acceptors (Lipinski definition) is 5. The van der Waals surface area contributed by atoms with Gasteiger partial charge in [-0.05, 0) is 18.2 Å². The Labute approximate surface area is 105 Å². The lowest BCUT2D eigenvalue weighted by atomic mass is 10.2. The third-order valence-corrected chi connectivity index (χ3v) is 2.59. The Morgan fingerprint density at radius 2 is 2.06 bits per heavy atom. The van der Waals surface area contributed by atoms with Crippen LogP contribution in [0.25, 0.3) is 10.9 Å². The largest absolute Gasteiger partial charge is 0.411 e. The van der Waals surface area contributed by atoms with Gasteiger partial charge in [0.05, 0.1) is 18.9 Å². The molecule has 1 aromatic heterocycles. The van der Waals surface area contributed by atoms with Crippen molar-refractivity contribution in [1.29, 1.82) is 0 Å². The van der Waals surface area contributed by atoms with Crippen LogP contribution in [-0.4, -0.2) is 41.3 Å². The fourth-order valence-electron chi connectivity index (χ4n) is 1.85. The Bertz CT molecular complexity index is 525. The molecule has 6 heteroatoms. The zero-order valence-corrected chi connectivity index (χ0v) is 9.97. The molecule has 18 heavy (non-hydrogen) atoms. The van der Waals surface area contributed by atoms with Crippen molar-refractivity contribution in [3.05, 3.63) is 24.4 Å². The Morgan fingerprint density at radius 1 is 1.22 bits per heavy atom. The average molecular weight is 251 g/mol. The van der Waals surface area contributed by atoms with Gasteiger partial charge in [0.25, 0.3) is 0 Å². The van der Waals surface area contributed by atoms with Gasteiger partial charge < -0.3 is 26.1 Å². The van der Waals surface area contributed by atoms with Crippen LogP contribution in [0.2, 0.25) is 0 Å². The summed E-state index contributed by atoms with van der Waals surface area (Å²) in [4.78, 5) is 5.36. The molecule has 0 amide bonds. The molecule has 1 aromatic carbocycles. The lowest BCUT2D eigenvalue weighted by Gasteiger charge is -2.11. The Morgan fingerprint density at radius 3 is 2.78 bits per heavy atom. The van der Waals surface area contributed by atoms with Crippen LogP contribution in [0.4, 0.5) is 11.4 Å². The van der Waals surface area contributed by atoms with Gasteiger partial charge >= 0.3 is 0 Å². The molecule has 1 heterocycles. The van der Waals surface area contributed by atoms with E-state index >= 15 is 0 Å². The lowest BCUT2D eigenvalue weighted by Crippen LogP contribution is -2.15. The van der Waals surface area contributed by atoms with Gasteiger partial charge in [0.2, 0.25) is 0 Å². The van der Waals surface area contributed by atoms with Gasteiger partial charge in [0, 0.05) is 23.8 Å². The summed E-state index contributed by atoms with van der Waals surface area (Å²) in [7, 11) is 0. The van der Waals surface area contributed by atoms with Gasteiger partial charge in [0.15, 0.2) is 0 Å². The topological polar surface area (TPSA) is 92.7 Å². The fraction of sp³-hybridized carbons (Fsp3) is 0.333. The van der Waals surface area contributed by atoms with E-state index in [4.69, 9.17) is 20.8 Å². The van der Waals surface area contributed by atoms with E-state index in [0.29, 0.717) is 12.2 Å². The molecule has 98 valence electrons. The molecule has 0 atom stereocenters. The summed E-state index contributed by atoms with van der Waals surface area (Å²) >= 11 is 0. The molecule has 2 rings (SSSR count). The van der Waals surface area contributed by atoms with E-state index < -0.39 is 0 Å². The Hall–Kier alpha value is -1.92. The van der Waals surface area contributed by atoms with Gasteiger partial charge in [-0.15, -0.1) is 0 Å². The summed E-state index contributed by atoms with van der Waals surface area (Å²) in [5.74, 6) is 0. The van der Waals surface area contributed by atoms with E-state index in [2.05, 4.69) is 5.32 Å². The van der Waals surface area contributed by atoms with Gasteiger partial charge in [-0.3, -0.25) is 0 Å². The Balaban J connectivity index is 2.39. The van der Waals surface area contributed by atoms with Crippen LogP contribution in [0, 0.1) is 0 Å². The van der Waals surface area contributed by atoms with Crippen molar-refractivity contribution in [2.75, 3.05) is 37.4 Å². The van der Waals surface area contributed by atoms with E-state index in [-0.39, 0.29) is 19.8 Å². The molecular weight excluding hydrogens is 234 g/mol. The van der Waals surface area contributed by atoms with Crippen LogP contribution in [0.3, 0.4) is 0 Å². The first-order chi connectivity index (χ1) is 8.77. The number of nitrogens with one attached hydrogen (secondary N) is 1. The summed E-state index contributed by atoms with van der Waals surface area (Å²) in [6.45, 7) is 0.689. The van der Waals surface area contributed by atoms with Crippen molar-refractivity contribution < 1.29 is 15.1 Å². The summed E-state index contributed by atoms with van der Waals surface area (Å²) < 4.78 is 1.55. The SMILES string of the molecule is Nc1ccc(NCCO)c2ccn(OCCO)c12. The first-order valence-electron chi connectivity index (χ1n) is 5.76. The highest BCUT2D eigenvalue weighted by molar-refractivity contribution is 5.99. The van der Waals surface area contributed by atoms with Crippen LogP contribution in [-0.2, 0) is 0 Å². The summed E-state index contributed by atoms with van der Waals surface area (Å²) in [6, 6.07) is 5.52. The lowest BCUT2D eigenvalue weighted by molar-refractivity contribution is 0.0834. The van der Waals surface area contributed by atoms with Gasteiger partial charge in [-0.2, -0.15) is 4.73 Å². The highest BCUT2D eigenvalue weighted by Gasteiger charge is 2.09. The number of rotatable bonds is 6. The summed E-state index contributed by atoms with van der Waals surface area (Å²) in [5.41, 5.74) is 8.17. The molecule has 0 unspecified atom stereocenters. The highest BCUT2D eigenvalue weighted by Crippen LogP contribution is 2.28. The molecule has 0 spiro atoms. The number of anilines is 2. The number of hydrogen-bond donors (Lipinski definition) is 4. The third kappa shape index (κ3) is 2.34. The number of fused-ring (bicyclic) bond motifs is 1. The van der Waals surface area contributed by atoms with Crippen molar-refractivity contribution in [3.8, 4) is 0 Å². The molecular formula is C12H17N3O3. The molecule has 2 aromatic rings. The zero-order chi connectivity index (χ0) is 13.0. The second kappa shape index (κ2) is 5.61. The summed E-state index contributed by atoms with van der Waals surface area (Å²) in [5, 5.41) is 21.6. The van der Waals surface area contributed by atoms with Crippen molar-refractivity contribution in [2.45, 2.75) is 0 Å². The second-order valence-electron chi connectivity index (χ2n) is 3.81. The molecule has 5 N–H and O–H groups in total. The normalized spacial score (nSPS) is 10.8. The third-order valence-electron chi connectivity index (χ3n) is 2.59. The monoisotopic (exact) mass is 251 g/mol. The maximum absolute atomic E-state index is 8.83. The minimum absolute atomic E-state index is 0.0535. The second-order valence-corrected chi connectivity index (χ2v) is 3.81. The van der Waals surface area contributed by atoms with Gasteiger partial charge in [-0.1, -0.05) is 0 Å². The van der Waals surface area contributed by atoms with E-state index in [1.54, 1.807) is 17.0 Å². The van der Waals surface area contributed by atoms with Crippen LogP contribution in [0.15, 0.2) is 24.4 Å². The quantitative estimate of drug-likeness (QED) is 0.544. The van der Waals surface area contributed by atoms with E-state index in [1.165, 1.54) is 0 Å². The first-order valence-corrected chi connectivity index (χ1v) is 5.76. The number of nitrogens with zero attached hydrogens (tertiary/aromatic N) is 1. The molecule has 0 saturated heterocycles. The molecule has 0 fully saturated rings. The van der Waals surface area contributed by atoms with Crippen LogP contribution < -0.4 is 15.9 Å². The number of nitrogens with two attached hydrogens (primary N) is 1. The Kier molecular flexibility index (Phi) is 3.91. The first kappa shape index (κ1) is 12.5. The number of benzene rings is 1. The fourth-order valence-corrected chi connectivity index (χ4v) is 1.85. The van der Waals surface area contributed by atoms with Crippen LogP contribution in [0.5, 0.6) is 0 Å². The average Bonchev–Trinajstić information content (AvgIpc) is 2.80. The molecule has 0 bridgehead atoms.